The predicted molar refractivity (Wildman–Crippen MR) is 35.9 cm³/mol. The summed E-state index contributed by atoms with van der Waals surface area (Å²) < 4.78 is 0. The first kappa shape index (κ1) is 6.75. The van der Waals surface area contributed by atoms with Crippen molar-refractivity contribution in [2.75, 3.05) is 6.54 Å². The number of ketones is 1. The molecule has 0 radical (unpaired) electrons. The number of carbonyl (C=O) groups is 1. The average Bonchev–Trinajstić information content (AvgIpc) is 2.47. The Hall–Kier alpha value is -0.370. The minimum atomic E-state index is 0.212. The molecule has 1 fully saturated rings. The third-order valence-corrected chi connectivity index (χ3v) is 1.99. The maximum absolute atomic E-state index is 10.7. The second-order valence-corrected chi connectivity index (χ2v) is 2.92. The fraction of sp³-hybridized carbons (Fsp3) is 0.857. The van der Waals surface area contributed by atoms with Crippen molar-refractivity contribution in [1.82, 2.24) is 0 Å². The van der Waals surface area contributed by atoms with Gasteiger partial charge in [-0.05, 0) is 18.3 Å². The van der Waals surface area contributed by atoms with E-state index < -0.39 is 0 Å². The molecule has 0 spiro atoms. The van der Waals surface area contributed by atoms with Crippen LogP contribution in [0.5, 0.6) is 0 Å². The summed E-state index contributed by atoms with van der Waals surface area (Å²) in [7, 11) is 0. The number of hydrogen-bond acceptors (Lipinski definition) is 2. The van der Waals surface area contributed by atoms with E-state index in [9.17, 15) is 4.79 Å². The lowest BCUT2D eigenvalue weighted by Gasteiger charge is -1.91. The zero-order valence-corrected chi connectivity index (χ0v) is 5.76. The molecule has 1 saturated carbocycles. The van der Waals surface area contributed by atoms with Crippen LogP contribution in [0.15, 0.2) is 0 Å². The monoisotopic (exact) mass is 127 g/mol. The zero-order valence-electron chi connectivity index (χ0n) is 5.76. The zero-order chi connectivity index (χ0) is 6.85. The lowest BCUT2D eigenvalue weighted by atomic mass is 10.2. The molecule has 1 aliphatic carbocycles. The molecule has 2 unspecified atom stereocenters. The maximum atomic E-state index is 10.7. The van der Waals surface area contributed by atoms with E-state index in [1.54, 1.807) is 0 Å². The van der Waals surface area contributed by atoms with E-state index in [0.717, 1.165) is 12.3 Å². The summed E-state index contributed by atoms with van der Waals surface area (Å²) in [6.07, 6.45) is 1.95. The number of hydrogen-bond donors (Lipinski definition) is 1. The van der Waals surface area contributed by atoms with Gasteiger partial charge in [0.2, 0.25) is 0 Å². The van der Waals surface area contributed by atoms with E-state index in [2.05, 4.69) is 6.92 Å². The lowest BCUT2D eigenvalue weighted by Crippen LogP contribution is -2.13. The van der Waals surface area contributed by atoms with Crippen molar-refractivity contribution < 1.29 is 4.79 Å². The molecule has 1 aliphatic rings. The summed E-state index contributed by atoms with van der Waals surface area (Å²) in [6, 6.07) is 0. The molecule has 2 heteroatoms. The molecule has 2 atom stereocenters. The highest BCUT2D eigenvalue weighted by Crippen LogP contribution is 2.40. The van der Waals surface area contributed by atoms with Crippen LogP contribution in [0.3, 0.4) is 0 Å². The van der Waals surface area contributed by atoms with Gasteiger partial charge >= 0.3 is 0 Å². The Labute approximate surface area is 55.4 Å². The Morgan fingerprint density at radius 1 is 1.78 bits per heavy atom. The highest BCUT2D eigenvalue weighted by atomic mass is 16.1. The van der Waals surface area contributed by atoms with Crippen LogP contribution in [-0.2, 0) is 4.79 Å². The van der Waals surface area contributed by atoms with Crippen LogP contribution in [0.2, 0.25) is 0 Å². The van der Waals surface area contributed by atoms with Crippen LogP contribution in [0.25, 0.3) is 0 Å². The van der Waals surface area contributed by atoms with Gasteiger partial charge in [-0.15, -0.1) is 0 Å². The smallest absolute Gasteiger partial charge is 0.146 e. The number of rotatable bonds is 3. The van der Waals surface area contributed by atoms with E-state index in [0.29, 0.717) is 5.92 Å². The minimum absolute atomic E-state index is 0.212. The Morgan fingerprint density at radius 2 is 2.33 bits per heavy atom. The first-order chi connectivity index (χ1) is 4.24. The van der Waals surface area contributed by atoms with Gasteiger partial charge in [-0.3, -0.25) is 4.79 Å². The predicted octanol–water partition coefficient (Wildman–Crippen LogP) is 0.560. The molecule has 0 amide bonds. The summed E-state index contributed by atoms with van der Waals surface area (Å²) in [5, 5.41) is 0. The Bertz CT molecular complexity index is 122. The van der Waals surface area contributed by atoms with Gasteiger partial charge in [0, 0.05) is 6.42 Å². The van der Waals surface area contributed by atoms with E-state index in [-0.39, 0.29) is 12.3 Å². The van der Waals surface area contributed by atoms with Crippen molar-refractivity contribution >= 4 is 5.78 Å². The summed E-state index contributed by atoms with van der Waals surface area (Å²) in [5.74, 6) is 1.66. The van der Waals surface area contributed by atoms with Gasteiger partial charge in [0.25, 0.3) is 0 Å². The van der Waals surface area contributed by atoms with E-state index in [4.69, 9.17) is 5.73 Å². The van der Waals surface area contributed by atoms with Gasteiger partial charge in [-0.25, -0.2) is 0 Å². The molecule has 0 aromatic carbocycles. The Kier molecular flexibility index (Phi) is 1.86. The van der Waals surface area contributed by atoms with Gasteiger partial charge in [-0.2, -0.15) is 0 Å². The summed E-state index contributed by atoms with van der Waals surface area (Å²) in [5.41, 5.74) is 5.14. The normalized spacial score (nSPS) is 32.2. The summed E-state index contributed by atoms with van der Waals surface area (Å²) in [6.45, 7) is 2.40. The van der Waals surface area contributed by atoms with Gasteiger partial charge in [0.15, 0.2) is 0 Å². The molecular weight excluding hydrogens is 114 g/mol. The molecule has 2 N–H and O–H groups in total. The topological polar surface area (TPSA) is 43.1 Å². The van der Waals surface area contributed by atoms with Crippen molar-refractivity contribution in [3.8, 4) is 0 Å². The van der Waals surface area contributed by atoms with Gasteiger partial charge in [0.1, 0.15) is 5.78 Å². The highest BCUT2D eigenvalue weighted by molar-refractivity contribution is 5.80. The van der Waals surface area contributed by atoms with Crippen LogP contribution in [0, 0.1) is 11.8 Å². The van der Waals surface area contributed by atoms with Crippen LogP contribution >= 0.6 is 0 Å². The average molecular weight is 127 g/mol. The van der Waals surface area contributed by atoms with Crippen LogP contribution in [-0.4, -0.2) is 12.3 Å². The molecule has 0 aromatic rings. The quantitative estimate of drug-likeness (QED) is 0.602. The second kappa shape index (κ2) is 2.48. The van der Waals surface area contributed by atoms with Gasteiger partial charge in [-0.1, -0.05) is 6.92 Å². The fourth-order valence-corrected chi connectivity index (χ4v) is 1.06. The van der Waals surface area contributed by atoms with Crippen molar-refractivity contribution in [2.45, 2.75) is 19.8 Å². The highest BCUT2D eigenvalue weighted by Gasteiger charge is 2.33. The Balaban J connectivity index is 2.12. The summed E-state index contributed by atoms with van der Waals surface area (Å²) >= 11 is 0. The van der Waals surface area contributed by atoms with Crippen molar-refractivity contribution in [3.05, 3.63) is 0 Å². The molecule has 2 nitrogen and oxygen atoms in total. The van der Waals surface area contributed by atoms with Crippen molar-refractivity contribution in [3.63, 3.8) is 0 Å². The summed E-state index contributed by atoms with van der Waals surface area (Å²) in [4.78, 5) is 10.7. The van der Waals surface area contributed by atoms with Gasteiger partial charge in [0.05, 0.1) is 6.54 Å². The van der Waals surface area contributed by atoms with Crippen LogP contribution in [0.4, 0.5) is 0 Å². The molecular formula is C7H13NO. The van der Waals surface area contributed by atoms with E-state index in [1.807, 2.05) is 0 Å². The molecule has 0 aromatic heterocycles. The molecule has 9 heavy (non-hydrogen) atoms. The van der Waals surface area contributed by atoms with Crippen LogP contribution < -0.4 is 5.73 Å². The fourth-order valence-electron chi connectivity index (χ4n) is 1.06. The molecule has 0 saturated heterocycles. The first-order valence-electron chi connectivity index (χ1n) is 3.45. The second-order valence-electron chi connectivity index (χ2n) is 2.92. The maximum Gasteiger partial charge on any atom is 0.146 e. The molecule has 0 aliphatic heterocycles. The number of Topliss-reactive ketones (excluding diaryl/α,β-unsaturated/α-hetero) is 1. The van der Waals surface area contributed by atoms with Gasteiger partial charge < -0.3 is 5.73 Å². The standard InChI is InChI=1S/C7H13NO/c1-5-2-6(5)3-7(9)4-8/h5-6H,2-4,8H2,1H3. The minimum Gasteiger partial charge on any atom is -0.324 e. The first-order valence-corrected chi connectivity index (χ1v) is 3.45. The van der Waals surface area contributed by atoms with Crippen molar-refractivity contribution in [1.29, 1.82) is 0 Å². The lowest BCUT2D eigenvalue weighted by molar-refractivity contribution is -0.118. The van der Waals surface area contributed by atoms with E-state index in [1.165, 1.54) is 6.42 Å². The molecule has 0 bridgehead atoms. The van der Waals surface area contributed by atoms with Crippen LogP contribution in [0.1, 0.15) is 19.8 Å². The molecule has 52 valence electrons. The SMILES string of the molecule is CC1CC1CC(=O)CN. The van der Waals surface area contributed by atoms with E-state index >= 15 is 0 Å². The number of carbonyl (C=O) groups excluding carboxylic acids is 1. The molecule has 0 heterocycles. The Morgan fingerprint density at radius 3 is 2.67 bits per heavy atom. The molecule has 1 rings (SSSR count). The largest absolute Gasteiger partial charge is 0.324 e. The van der Waals surface area contributed by atoms with Crippen molar-refractivity contribution in [2.24, 2.45) is 17.6 Å². The number of nitrogens with two attached hydrogens (primary N) is 1. The third kappa shape index (κ3) is 1.79. The third-order valence-electron chi connectivity index (χ3n) is 1.99.